The van der Waals surface area contributed by atoms with E-state index in [1.807, 2.05) is 0 Å². The summed E-state index contributed by atoms with van der Waals surface area (Å²) in [6.07, 6.45) is -2.62. The second kappa shape index (κ2) is 9.74. The fourth-order valence-corrected chi connectivity index (χ4v) is 4.05. The molecular weight excluding hydrogens is 435 g/mol. The van der Waals surface area contributed by atoms with E-state index >= 15 is 0 Å². The second-order valence-electron chi connectivity index (χ2n) is 8.75. The summed E-state index contributed by atoms with van der Waals surface area (Å²) < 4.78 is 46.2. The molecule has 1 spiro atoms. The van der Waals surface area contributed by atoms with Gasteiger partial charge in [0.25, 0.3) is 0 Å². The quantitative estimate of drug-likeness (QED) is 0.435. The zero-order valence-electron chi connectivity index (χ0n) is 17.8. The van der Waals surface area contributed by atoms with Crippen molar-refractivity contribution < 1.29 is 41.8 Å². The first-order valence-corrected chi connectivity index (χ1v) is 10.8. The fraction of sp³-hybridized carbons (Fsp3) is 0.800. The van der Waals surface area contributed by atoms with E-state index in [1.54, 1.807) is 6.92 Å². The zero-order valence-corrected chi connectivity index (χ0v) is 17.8. The topological polar surface area (TPSA) is 123 Å². The van der Waals surface area contributed by atoms with Crippen LogP contribution in [0.1, 0.15) is 45.4 Å². The van der Waals surface area contributed by atoms with Crippen molar-refractivity contribution >= 4 is 23.5 Å². The van der Waals surface area contributed by atoms with Gasteiger partial charge in [0.1, 0.15) is 18.8 Å². The summed E-state index contributed by atoms with van der Waals surface area (Å²) >= 11 is 0. The molecule has 0 aromatic heterocycles. The van der Waals surface area contributed by atoms with Crippen LogP contribution in [0.4, 0.5) is 13.2 Å². The maximum Gasteiger partial charge on any atom is 0.522 e. The molecular formula is C20H28F3N3O6. The molecule has 9 nitrogen and oxygen atoms in total. The molecule has 3 amide bonds. The van der Waals surface area contributed by atoms with Gasteiger partial charge in [0.15, 0.2) is 5.78 Å². The summed E-state index contributed by atoms with van der Waals surface area (Å²) in [5.41, 5.74) is 0.0732. The lowest BCUT2D eigenvalue weighted by Crippen LogP contribution is -2.54. The van der Waals surface area contributed by atoms with Gasteiger partial charge < -0.3 is 20.7 Å². The van der Waals surface area contributed by atoms with Crippen molar-refractivity contribution in [2.24, 2.45) is 11.3 Å². The molecule has 2 saturated heterocycles. The molecule has 0 radical (unpaired) electrons. The Hall–Kier alpha value is -2.21. The van der Waals surface area contributed by atoms with E-state index in [4.69, 9.17) is 4.74 Å². The molecule has 2 aliphatic heterocycles. The van der Waals surface area contributed by atoms with Gasteiger partial charge in [-0.25, -0.2) is 0 Å². The van der Waals surface area contributed by atoms with Crippen LogP contribution in [0.5, 0.6) is 0 Å². The van der Waals surface area contributed by atoms with Gasteiger partial charge in [-0.3, -0.25) is 23.9 Å². The Morgan fingerprint density at radius 1 is 1.25 bits per heavy atom. The highest BCUT2D eigenvalue weighted by molar-refractivity contribution is 5.94. The third-order valence-electron chi connectivity index (χ3n) is 6.27. The first-order chi connectivity index (χ1) is 15.0. The van der Waals surface area contributed by atoms with Crippen LogP contribution >= 0.6 is 0 Å². The largest absolute Gasteiger partial charge is 0.522 e. The average molecular weight is 463 g/mol. The van der Waals surface area contributed by atoms with Crippen LogP contribution < -0.4 is 16.0 Å². The fourth-order valence-electron chi connectivity index (χ4n) is 4.05. The summed E-state index contributed by atoms with van der Waals surface area (Å²) in [7, 11) is 0. The van der Waals surface area contributed by atoms with E-state index in [-0.39, 0.29) is 24.2 Å². The third-order valence-corrected chi connectivity index (χ3v) is 6.27. The van der Waals surface area contributed by atoms with E-state index in [0.29, 0.717) is 26.0 Å². The van der Waals surface area contributed by atoms with Crippen molar-refractivity contribution in [3.8, 4) is 0 Å². The van der Waals surface area contributed by atoms with Gasteiger partial charge in [-0.05, 0) is 43.9 Å². The molecule has 3 rings (SSSR count). The molecule has 4 atom stereocenters. The number of ether oxygens (including phenoxy) is 2. The van der Waals surface area contributed by atoms with Crippen LogP contribution in [0.2, 0.25) is 0 Å². The average Bonchev–Trinajstić information content (AvgIpc) is 3.15. The van der Waals surface area contributed by atoms with E-state index < -0.39 is 54.7 Å². The Bertz CT molecular complexity index is 755. The van der Waals surface area contributed by atoms with Gasteiger partial charge in [-0.1, -0.05) is 6.92 Å². The number of carbonyl (C=O) groups is 4. The van der Waals surface area contributed by atoms with Crippen molar-refractivity contribution in [3.05, 3.63) is 0 Å². The van der Waals surface area contributed by atoms with Gasteiger partial charge in [-0.2, -0.15) is 0 Å². The van der Waals surface area contributed by atoms with Gasteiger partial charge >= 0.3 is 6.36 Å². The van der Waals surface area contributed by atoms with Crippen LogP contribution in [0.3, 0.4) is 0 Å². The minimum absolute atomic E-state index is 0.0732. The Balaban J connectivity index is 1.60. The van der Waals surface area contributed by atoms with Crippen LogP contribution in [-0.4, -0.2) is 67.8 Å². The predicted octanol–water partition coefficient (Wildman–Crippen LogP) is 0.567. The maximum absolute atomic E-state index is 12.8. The molecule has 1 aliphatic carbocycles. The summed E-state index contributed by atoms with van der Waals surface area (Å²) in [5.74, 6) is -3.11. The van der Waals surface area contributed by atoms with Gasteiger partial charge in [0.05, 0.1) is 12.6 Å². The number of halogens is 3. The number of nitrogens with one attached hydrogen (secondary N) is 3. The number of alkyl halides is 3. The molecule has 32 heavy (non-hydrogen) atoms. The molecule has 0 aromatic carbocycles. The lowest BCUT2D eigenvalue weighted by atomic mass is 9.95. The molecule has 0 aromatic rings. The molecule has 3 aliphatic rings. The summed E-state index contributed by atoms with van der Waals surface area (Å²) in [4.78, 5) is 49.5. The Morgan fingerprint density at radius 3 is 2.50 bits per heavy atom. The highest BCUT2D eigenvalue weighted by atomic mass is 19.4. The van der Waals surface area contributed by atoms with Crippen LogP contribution in [0.25, 0.3) is 0 Å². The highest BCUT2D eigenvalue weighted by Crippen LogP contribution is 2.53. The normalized spacial score (nSPS) is 25.8. The number of rotatable bonds is 10. The molecule has 2 heterocycles. The van der Waals surface area contributed by atoms with E-state index in [0.717, 1.165) is 12.8 Å². The van der Waals surface area contributed by atoms with Crippen molar-refractivity contribution in [2.75, 3.05) is 19.8 Å². The molecule has 3 N–H and O–H groups in total. The Kier molecular flexibility index (Phi) is 7.43. The molecule has 3 fully saturated rings. The zero-order chi connectivity index (χ0) is 23.5. The minimum Gasteiger partial charge on any atom is -0.368 e. The lowest BCUT2D eigenvalue weighted by Gasteiger charge is -2.24. The van der Waals surface area contributed by atoms with Crippen LogP contribution in [-0.2, 0) is 28.7 Å². The Labute approximate surface area is 183 Å². The first-order valence-electron chi connectivity index (χ1n) is 10.8. The number of hydrogen-bond donors (Lipinski definition) is 3. The molecule has 0 bridgehead atoms. The summed E-state index contributed by atoms with van der Waals surface area (Å²) in [5, 5.41) is 7.59. The van der Waals surface area contributed by atoms with Crippen molar-refractivity contribution in [1.29, 1.82) is 0 Å². The maximum atomic E-state index is 12.8. The Morgan fingerprint density at radius 2 is 1.97 bits per heavy atom. The molecule has 12 heteroatoms. The molecule has 180 valence electrons. The smallest absolute Gasteiger partial charge is 0.368 e. The standard InChI is InChI=1S/C20H28F3N3O6/c1-2-12(25-18(30)15-8-19(4-5-19)10-31-15)17(29)26-13(7-11-3-6-24-16(11)28)14(27)9-32-20(21,22)23/h11-13,15H,2-10H2,1H3,(H,24,28)(H,25,30)(H,26,29)/t11-,12-,13-,15?/m0/s1. The summed E-state index contributed by atoms with van der Waals surface area (Å²) in [6.45, 7) is 1.25. The second-order valence-corrected chi connectivity index (χ2v) is 8.75. The predicted molar refractivity (Wildman–Crippen MR) is 103 cm³/mol. The lowest BCUT2D eigenvalue weighted by molar-refractivity contribution is -0.321. The van der Waals surface area contributed by atoms with Crippen molar-refractivity contribution in [1.82, 2.24) is 16.0 Å². The minimum atomic E-state index is -5.00. The van der Waals surface area contributed by atoms with Gasteiger partial charge in [0, 0.05) is 12.5 Å². The number of Topliss-reactive ketones (excluding diaryl/α,β-unsaturated/α-hetero) is 1. The van der Waals surface area contributed by atoms with E-state index in [9.17, 15) is 32.3 Å². The highest BCUT2D eigenvalue weighted by Gasteiger charge is 2.51. The monoisotopic (exact) mass is 463 g/mol. The van der Waals surface area contributed by atoms with Crippen LogP contribution in [0, 0.1) is 11.3 Å². The van der Waals surface area contributed by atoms with Crippen molar-refractivity contribution in [2.45, 2.75) is 70.0 Å². The summed E-state index contributed by atoms with van der Waals surface area (Å²) in [6, 6.07) is -2.36. The molecule has 1 unspecified atom stereocenters. The molecule has 1 saturated carbocycles. The van der Waals surface area contributed by atoms with E-state index in [2.05, 4.69) is 20.7 Å². The SMILES string of the molecule is CC[C@H](NC(=O)C1CC2(CC2)CO1)C(=O)N[C@@H](C[C@@H]1CCNC1=O)C(=O)COC(F)(F)F. The number of amides is 3. The number of carbonyl (C=O) groups excluding carboxylic acids is 4. The van der Waals surface area contributed by atoms with E-state index in [1.165, 1.54) is 0 Å². The number of hydrogen-bond acceptors (Lipinski definition) is 6. The van der Waals surface area contributed by atoms with Gasteiger partial charge in [0.2, 0.25) is 17.7 Å². The third kappa shape index (κ3) is 6.41. The van der Waals surface area contributed by atoms with Crippen molar-refractivity contribution in [3.63, 3.8) is 0 Å². The van der Waals surface area contributed by atoms with Crippen LogP contribution in [0.15, 0.2) is 0 Å². The first kappa shape index (κ1) is 24.4. The van der Waals surface area contributed by atoms with Gasteiger partial charge in [-0.15, -0.1) is 13.2 Å². The number of ketones is 1.